The van der Waals surface area contributed by atoms with Crippen LogP contribution in [0.4, 0.5) is 8.78 Å². The van der Waals surface area contributed by atoms with E-state index < -0.39 is 27.4 Å². The van der Waals surface area contributed by atoms with E-state index in [0.717, 1.165) is 35.9 Å². The molecule has 1 heterocycles. The molecular weight excluding hydrogens is 392 g/mol. The summed E-state index contributed by atoms with van der Waals surface area (Å²) in [6, 6.07) is 7.66. The van der Waals surface area contributed by atoms with E-state index in [2.05, 4.69) is 4.98 Å². The van der Waals surface area contributed by atoms with Gasteiger partial charge >= 0.3 is 0 Å². The first-order chi connectivity index (χ1) is 12.7. The van der Waals surface area contributed by atoms with Crippen molar-refractivity contribution in [2.24, 2.45) is 5.92 Å². The first kappa shape index (κ1) is 18.4. The molecule has 142 valence electrons. The molecule has 1 aromatic heterocycles. The Balaban J connectivity index is 1.89. The van der Waals surface area contributed by atoms with Crippen LogP contribution < -0.4 is 0 Å². The molecule has 1 saturated carbocycles. The van der Waals surface area contributed by atoms with Gasteiger partial charge in [0, 0.05) is 39.9 Å². The van der Waals surface area contributed by atoms with Crippen molar-refractivity contribution in [1.82, 2.24) is 4.98 Å². The van der Waals surface area contributed by atoms with Gasteiger partial charge in [0.25, 0.3) is 0 Å². The third kappa shape index (κ3) is 3.60. The Morgan fingerprint density at radius 1 is 1.22 bits per heavy atom. The second-order valence-corrected chi connectivity index (χ2v) is 9.83. The Morgan fingerprint density at radius 2 is 1.89 bits per heavy atom. The molecule has 1 aliphatic carbocycles. The van der Waals surface area contributed by atoms with E-state index in [0.29, 0.717) is 11.1 Å². The zero-order valence-corrected chi connectivity index (χ0v) is 16.2. The van der Waals surface area contributed by atoms with Crippen molar-refractivity contribution in [2.75, 3.05) is 6.26 Å². The number of halogens is 3. The van der Waals surface area contributed by atoms with Crippen LogP contribution in [0.2, 0.25) is 5.02 Å². The second-order valence-electron chi connectivity index (χ2n) is 7.25. The van der Waals surface area contributed by atoms with Gasteiger partial charge in [-0.15, -0.1) is 0 Å². The van der Waals surface area contributed by atoms with Crippen LogP contribution in [0.1, 0.15) is 35.4 Å². The zero-order valence-electron chi connectivity index (χ0n) is 14.6. The molecule has 0 aliphatic heterocycles. The summed E-state index contributed by atoms with van der Waals surface area (Å²) in [5.41, 5.74) is 2.14. The van der Waals surface area contributed by atoms with Gasteiger partial charge in [-0.05, 0) is 42.0 Å². The highest BCUT2D eigenvalue weighted by Crippen LogP contribution is 2.49. The van der Waals surface area contributed by atoms with Crippen LogP contribution in [0, 0.1) is 17.6 Å². The van der Waals surface area contributed by atoms with Gasteiger partial charge < -0.3 is 4.98 Å². The number of aromatic nitrogens is 1. The minimum absolute atomic E-state index is 0.0244. The summed E-state index contributed by atoms with van der Waals surface area (Å²) in [4.78, 5) is 3.13. The van der Waals surface area contributed by atoms with Crippen molar-refractivity contribution in [3.05, 3.63) is 69.9 Å². The number of para-hydroxylation sites is 1. The molecule has 27 heavy (non-hydrogen) atoms. The molecule has 1 N–H and O–H groups in total. The lowest BCUT2D eigenvalue weighted by molar-refractivity contribution is 0.526. The number of hydrogen-bond donors (Lipinski definition) is 1. The maximum Gasteiger partial charge on any atom is 0.151 e. The van der Waals surface area contributed by atoms with Crippen LogP contribution in [-0.2, 0) is 15.6 Å². The largest absolute Gasteiger partial charge is 0.361 e. The fourth-order valence-electron chi connectivity index (χ4n) is 3.82. The minimum atomic E-state index is -3.21. The van der Waals surface area contributed by atoms with Crippen molar-refractivity contribution in [3.63, 3.8) is 0 Å². The fraction of sp³-hybridized carbons (Fsp3) is 0.300. The minimum Gasteiger partial charge on any atom is -0.361 e. The molecule has 0 saturated heterocycles. The van der Waals surface area contributed by atoms with Crippen LogP contribution in [0.3, 0.4) is 0 Å². The van der Waals surface area contributed by atoms with Crippen LogP contribution in [0.5, 0.6) is 0 Å². The quantitative estimate of drug-likeness (QED) is 0.630. The van der Waals surface area contributed by atoms with Gasteiger partial charge in [-0.2, -0.15) is 0 Å². The topological polar surface area (TPSA) is 49.9 Å². The maximum atomic E-state index is 14.6. The lowest BCUT2D eigenvalue weighted by Gasteiger charge is -2.18. The Morgan fingerprint density at radius 3 is 2.48 bits per heavy atom. The van der Waals surface area contributed by atoms with Crippen molar-refractivity contribution >= 4 is 32.3 Å². The molecule has 0 spiro atoms. The summed E-state index contributed by atoms with van der Waals surface area (Å²) in [7, 11) is -3.21. The van der Waals surface area contributed by atoms with Crippen LogP contribution >= 0.6 is 11.6 Å². The molecule has 7 heteroatoms. The normalized spacial score (nSPS) is 16.0. The highest BCUT2D eigenvalue weighted by Gasteiger charge is 2.38. The van der Waals surface area contributed by atoms with Gasteiger partial charge in [-0.3, -0.25) is 0 Å². The molecule has 0 radical (unpaired) electrons. The number of nitrogens with one attached hydrogen (secondary N) is 1. The van der Waals surface area contributed by atoms with E-state index in [1.54, 1.807) is 18.3 Å². The number of H-pyrrole nitrogens is 1. The summed E-state index contributed by atoms with van der Waals surface area (Å²) >= 11 is 5.78. The Bertz CT molecular complexity index is 1110. The van der Waals surface area contributed by atoms with Crippen LogP contribution in [0.15, 0.2) is 36.5 Å². The van der Waals surface area contributed by atoms with Crippen LogP contribution in [-0.4, -0.2) is 19.7 Å². The lowest BCUT2D eigenvalue weighted by atomic mass is 9.86. The molecule has 1 atom stereocenters. The molecule has 4 rings (SSSR count). The van der Waals surface area contributed by atoms with Gasteiger partial charge in [0.05, 0.1) is 5.75 Å². The lowest BCUT2D eigenvalue weighted by Crippen LogP contribution is -2.09. The summed E-state index contributed by atoms with van der Waals surface area (Å²) in [5, 5.41) is 0.819. The molecule has 3 aromatic rings. The molecule has 1 fully saturated rings. The maximum absolute atomic E-state index is 14.6. The predicted octanol–water partition coefficient (Wildman–Crippen LogP) is 5.19. The van der Waals surface area contributed by atoms with Crippen molar-refractivity contribution in [3.8, 4) is 0 Å². The standard InChI is InChI=1S/C20H18ClF2NO2S/c1-27(25,26)10-12-3-2-4-14-15(9-24-20(12)14)18(11-5-6-11)19-16(22)7-13(21)8-17(19)23/h2-4,7-9,11,18,24H,5-6,10H2,1H3. The number of benzene rings is 2. The number of fused-ring (bicyclic) bond motifs is 1. The van der Waals surface area contributed by atoms with E-state index in [9.17, 15) is 17.2 Å². The molecule has 2 aromatic carbocycles. The second kappa shape index (κ2) is 6.60. The van der Waals surface area contributed by atoms with Gasteiger partial charge in [-0.25, -0.2) is 17.2 Å². The molecule has 0 bridgehead atoms. The van der Waals surface area contributed by atoms with E-state index >= 15 is 0 Å². The molecule has 1 unspecified atom stereocenters. The Hall–Kier alpha value is -1.92. The van der Waals surface area contributed by atoms with E-state index in [4.69, 9.17) is 11.6 Å². The summed E-state index contributed by atoms with van der Waals surface area (Å²) in [5.74, 6) is -1.70. The molecule has 0 amide bonds. The summed E-state index contributed by atoms with van der Waals surface area (Å²) in [6.45, 7) is 0. The van der Waals surface area contributed by atoms with Gasteiger partial charge in [0.15, 0.2) is 9.84 Å². The van der Waals surface area contributed by atoms with Gasteiger partial charge in [0.2, 0.25) is 0 Å². The Kier molecular flexibility index (Phi) is 4.51. The summed E-state index contributed by atoms with van der Waals surface area (Å²) in [6.07, 6.45) is 4.71. The Labute approximate surface area is 161 Å². The van der Waals surface area contributed by atoms with Crippen molar-refractivity contribution in [1.29, 1.82) is 0 Å². The van der Waals surface area contributed by atoms with Gasteiger partial charge in [-0.1, -0.05) is 29.8 Å². The third-order valence-electron chi connectivity index (χ3n) is 5.03. The first-order valence-electron chi connectivity index (χ1n) is 8.65. The summed E-state index contributed by atoms with van der Waals surface area (Å²) < 4.78 is 52.7. The number of aromatic amines is 1. The van der Waals surface area contributed by atoms with E-state index in [1.165, 1.54) is 6.26 Å². The molecule has 1 aliphatic rings. The SMILES string of the molecule is CS(=O)(=O)Cc1cccc2c(C(c3c(F)cc(Cl)cc3F)C3CC3)c[nH]c12. The highest BCUT2D eigenvalue weighted by atomic mass is 35.5. The van der Waals surface area contributed by atoms with Crippen molar-refractivity contribution in [2.45, 2.75) is 24.5 Å². The first-order valence-corrected chi connectivity index (χ1v) is 11.1. The molecule has 3 nitrogen and oxygen atoms in total. The fourth-order valence-corrected chi connectivity index (χ4v) is 4.82. The monoisotopic (exact) mass is 409 g/mol. The zero-order chi connectivity index (χ0) is 19.3. The van der Waals surface area contributed by atoms with Gasteiger partial charge in [0.1, 0.15) is 11.6 Å². The molecular formula is C20H18ClF2NO2S. The highest BCUT2D eigenvalue weighted by molar-refractivity contribution is 7.89. The third-order valence-corrected chi connectivity index (χ3v) is 6.09. The number of hydrogen-bond acceptors (Lipinski definition) is 2. The smallest absolute Gasteiger partial charge is 0.151 e. The average molecular weight is 410 g/mol. The van der Waals surface area contributed by atoms with E-state index in [-0.39, 0.29) is 22.3 Å². The predicted molar refractivity (Wildman–Crippen MR) is 103 cm³/mol. The number of sulfone groups is 1. The van der Waals surface area contributed by atoms with Crippen LogP contribution in [0.25, 0.3) is 10.9 Å². The van der Waals surface area contributed by atoms with Crippen molar-refractivity contribution < 1.29 is 17.2 Å². The number of rotatable bonds is 5. The van der Waals surface area contributed by atoms with E-state index in [1.807, 2.05) is 6.07 Å². The average Bonchev–Trinajstić information content (AvgIpc) is 3.29.